The highest BCUT2D eigenvalue weighted by atomic mass is 16.5. The van der Waals surface area contributed by atoms with E-state index < -0.39 is 5.97 Å². The van der Waals surface area contributed by atoms with Gasteiger partial charge in [-0.2, -0.15) is 0 Å². The molecule has 5 heteroatoms. The van der Waals surface area contributed by atoms with Crippen LogP contribution in [-0.2, 0) is 4.74 Å². The fourth-order valence-electron chi connectivity index (χ4n) is 2.39. The lowest BCUT2D eigenvalue weighted by Gasteiger charge is -2.15. The number of nitrogen functional groups attached to an aromatic ring is 1. The highest BCUT2D eigenvalue weighted by Gasteiger charge is 2.18. The van der Waals surface area contributed by atoms with Crippen LogP contribution in [0.2, 0.25) is 0 Å². The number of likely N-dealkylation sites (tertiary alicyclic amines) is 1. The van der Waals surface area contributed by atoms with Crippen LogP contribution in [0.4, 0.5) is 5.69 Å². The molecule has 0 unspecified atom stereocenters. The first-order valence-corrected chi connectivity index (χ1v) is 7.13. The van der Waals surface area contributed by atoms with Crippen molar-refractivity contribution < 1.29 is 14.3 Å². The molecule has 5 nitrogen and oxygen atoms in total. The smallest absolute Gasteiger partial charge is 0.344 e. The summed E-state index contributed by atoms with van der Waals surface area (Å²) in [4.78, 5) is 14.4. The van der Waals surface area contributed by atoms with Gasteiger partial charge in [0.25, 0.3) is 0 Å². The van der Waals surface area contributed by atoms with E-state index in [0.717, 1.165) is 19.6 Å². The van der Waals surface area contributed by atoms with Gasteiger partial charge < -0.3 is 15.2 Å². The summed E-state index contributed by atoms with van der Waals surface area (Å²) < 4.78 is 10.7. The zero-order valence-electron chi connectivity index (χ0n) is 11.9. The van der Waals surface area contributed by atoms with Crippen LogP contribution >= 0.6 is 0 Å². The quantitative estimate of drug-likeness (QED) is 0.636. The lowest BCUT2D eigenvalue weighted by atomic mass is 10.1. The molecule has 0 spiro atoms. The number of ether oxygens (including phenoxy) is 2. The van der Waals surface area contributed by atoms with Crippen LogP contribution < -0.4 is 10.5 Å². The van der Waals surface area contributed by atoms with E-state index in [9.17, 15) is 4.79 Å². The molecule has 1 aliphatic heterocycles. The molecule has 1 aromatic rings. The molecule has 0 amide bonds. The Morgan fingerprint density at radius 3 is 2.80 bits per heavy atom. The summed E-state index contributed by atoms with van der Waals surface area (Å²) >= 11 is 0. The Hall–Kier alpha value is -1.75. The van der Waals surface area contributed by atoms with Crippen LogP contribution in [0, 0.1) is 0 Å². The van der Waals surface area contributed by atoms with Gasteiger partial charge in [0, 0.05) is 12.2 Å². The van der Waals surface area contributed by atoms with E-state index >= 15 is 0 Å². The van der Waals surface area contributed by atoms with E-state index in [1.54, 1.807) is 18.2 Å². The summed E-state index contributed by atoms with van der Waals surface area (Å²) in [5, 5.41) is 0. The minimum atomic E-state index is -0.411. The number of nitrogens with two attached hydrogens (primary N) is 1. The standard InChI is InChI=1S/C15H22N2O3/c1-2-19-13-7-5-6-12(16)14(13)15(18)20-11-10-17-8-3-4-9-17/h5-7H,2-4,8-11,16H2,1H3. The molecule has 0 atom stereocenters. The van der Waals surface area contributed by atoms with Gasteiger partial charge in [0.1, 0.15) is 17.9 Å². The average Bonchev–Trinajstić information content (AvgIpc) is 2.92. The molecule has 0 bridgehead atoms. The number of carbonyl (C=O) groups excluding carboxylic acids is 1. The third kappa shape index (κ3) is 3.63. The highest BCUT2D eigenvalue weighted by molar-refractivity contribution is 5.98. The third-order valence-electron chi connectivity index (χ3n) is 3.40. The van der Waals surface area contributed by atoms with Crippen LogP contribution in [0.25, 0.3) is 0 Å². The van der Waals surface area contributed by atoms with Crippen molar-refractivity contribution in [3.05, 3.63) is 23.8 Å². The second-order valence-electron chi connectivity index (χ2n) is 4.84. The predicted molar refractivity (Wildman–Crippen MR) is 78.0 cm³/mol. The molecule has 0 aromatic heterocycles. The number of hydrogen-bond acceptors (Lipinski definition) is 5. The molecule has 0 radical (unpaired) electrons. The summed E-state index contributed by atoms with van der Waals surface area (Å²) in [5.41, 5.74) is 6.58. The molecule has 1 aliphatic rings. The highest BCUT2D eigenvalue weighted by Crippen LogP contribution is 2.25. The van der Waals surface area contributed by atoms with E-state index in [4.69, 9.17) is 15.2 Å². The van der Waals surface area contributed by atoms with E-state index in [1.165, 1.54) is 12.8 Å². The summed E-state index contributed by atoms with van der Waals surface area (Å²) in [6, 6.07) is 5.18. The van der Waals surface area contributed by atoms with E-state index in [2.05, 4.69) is 4.90 Å². The molecular formula is C15H22N2O3. The fraction of sp³-hybridized carbons (Fsp3) is 0.533. The Morgan fingerprint density at radius 2 is 2.10 bits per heavy atom. The summed E-state index contributed by atoms with van der Waals surface area (Å²) in [5.74, 6) is 0.0735. The fourth-order valence-corrected chi connectivity index (χ4v) is 2.39. The van der Waals surface area contributed by atoms with Crippen molar-refractivity contribution in [2.75, 3.05) is 38.6 Å². The van der Waals surface area contributed by atoms with Crippen molar-refractivity contribution in [3.8, 4) is 5.75 Å². The number of esters is 1. The number of benzene rings is 1. The van der Waals surface area contributed by atoms with Crippen molar-refractivity contribution in [3.63, 3.8) is 0 Å². The van der Waals surface area contributed by atoms with Crippen molar-refractivity contribution in [1.82, 2.24) is 4.90 Å². The first-order chi connectivity index (χ1) is 9.72. The van der Waals surface area contributed by atoms with Crippen molar-refractivity contribution >= 4 is 11.7 Å². The zero-order valence-corrected chi connectivity index (χ0v) is 11.9. The van der Waals surface area contributed by atoms with Gasteiger partial charge in [-0.1, -0.05) is 6.07 Å². The second-order valence-corrected chi connectivity index (χ2v) is 4.84. The minimum absolute atomic E-state index is 0.329. The summed E-state index contributed by atoms with van der Waals surface area (Å²) in [6.07, 6.45) is 2.46. The molecule has 1 aromatic carbocycles. The van der Waals surface area contributed by atoms with E-state index in [0.29, 0.717) is 30.2 Å². The van der Waals surface area contributed by atoms with Crippen LogP contribution in [0.5, 0.6) is 5.75 Å². The maximum Gasteiger partial charge on any atom is 0.344 e. The first kappa shape index (κ1) is 14.7. The Labute approximate surface area is 119 Å². The molecule has 20 heavy (non-hydrogen) atoms. The summed E-state index contributed by atoms with van der Waals surface area (Å²) in [7, 11) is 0. The molecule has 2 rings (SSSR count). The Kier molecular flexibility index (Phi) is 5.24. The Balaban J connectivity index is 1.93. The Bertz CT molecular complexity index is 456. The lowest BCUT2D eigenvalue weighted by molar-refractivity contribution is 0.0469. The van der Waals surface area contributed by atoms with Crippen molar-refractivity contribution in [1.29, 1.82) is 0 Å². The van der Waals surface area contributed by atoms with Gasteiger partial charge in [0.05, 0.1) is 6.61 Å². The number of anilines is 1. The molecule has 0 saturated carbocycles. The molecule has 1 heterocycles. The van der Waals surface area contributed by atoms with Crippen molar-refractivity contribution in [2.45, 2.75) is 19.8 Å². The number of rotatable bonds is 6. The monoisotopic (exact) mass is 278 g/mol. The minimum Gasteiger partial charge on any atom is -0.493 e. The van der Waals surface area contributed by atoms with Crippen molar-refractivity contribution in [2.24, 2.45) is 0 Å². The zero-order chi connectivity index (χ0) is 14.4. The molecule has 110 valence electrons. The van der Waals surface area contributed by atoms with Gasteiger partial charge in [0.2, 0.25) is 0 Å². The second kappa shape index (κ2) is 7.14. The number of carbonyl (C=O) groups is 1. The normalized spacial score (nSPS) is 15.2. The average molecular weight is 278 g/mol. The topological polar surface area (TPSA) is 64.8 Å². The maximum absolute atomic E-state index is 12.1. The predicted octanol–water partition coefficient (Wildman–Crippen LogP) is 1.92. The van der Waals surface area contributed by atoms with Gasteiger partial charge >= 0.3 is 5.97 Å². The van der Waals surface area contributed by atoms with Crippen LogP contribution in [0.1, 0.15) is 30.1 Å². The van der Waals surface area contributed by atoms with Crippen LogP contribution in [-0.4, -0.2) is 43.7 Å². The third-order valence-corrected chi connectivity index (χ3v) is 3.40. The van der Waals surface area contributed by atoms with Gasteiger partial charge in [0.15, 0.2) is 0 Å². The molecule has 2 N–H and O–H groups in total. The van der Waals surface area contributed by atoms with Crippen LogP contribution in [0.15, 0.2) is 18.2 Å². The molecule has 1 fully saturated rings. The molecule has 0 aliphatic carbocycles. The first-order valence-electron chi connectivity index (χ1n) is 7.13. The van der Waals surface area contributed by atoms with Gasteiger partial charge in [-0.15, -0.1) is 0 Å². The number of hydrogen-bond donors (Lipinski definition) is 1. The summed E-state index contributed by atoms with van der Waals surface area (Å²) in [6.45, 7) is 5.70. The van der Waals surface area contributed by atoms with E-state index in [-0.39, 0.29) is 0 Å². The van der Waals surface area contributed by atoms with Gasteiger partial charge in [-0.25, -0.2) is 4.79 Å². The SMILES string of the molecule is CCOc1cccc(N)c1C(=O)OCCN1CCCC1. The Morgan fingerprint density at radius 1 is 1.35 bits per heavy atom. The van der Waals surface area contributed by atoms with E-state index in [1.807, 2.05) is 6.92 Å². The molecule has 1 saturated heterocycles. The maximum atomic E-state index is 12.1. The van der Waals surface area contributed by atoms with Crippen LogP contribution in [0.3, 0.4) is 0 Å². The van der Waals surface area contributed by atoms with Gasteiger partial charge in [-0.05, 0) is 45.0 Å². The lowest BCUT2D eigenvalue weighted by Crippen LogP contribution is -2.25. The number of nitrogens with zero attached hydrogens (tertiary/aromatic N) is 1. The largest absolute Gasteiger partial charge is 0.493 e. The molecular weight excluding hydrogens is 256 g/mol. The van der Waals surface area contributed by atoms with Gasteiger partial charge in [-0.3, -0.25) is 4.90 Å².